The summed E-state index contributed by atoms with van der Waals surface area (Å²) in [5.41, 5.74) is 2.64. The Balaban J connectivity index is 1.69. The average Bonchev–Trinajstić information content (AvgIpc) is 2.62. The third-order valence-electron chi connectivity index (χ3n) is 4.69. The lowest BCUT2D eigenvalue weighted by Gasteiger charge is -2.35. The minimum Gasteiger partial charge on any atom is -0.317 e. The highest BCUT2D eigenvalue weighted by Gasteiger charge is 2.21. The highest BCUT2D eigenvalue weighted by molar-refractivity contribution is 6.31. The lowest BCUT2D eigenvalue weighted by Crippen LogP contribution is -2.43. The van der Waals surface area contributed by atoms with Gasteiger partial charge in [-0.1, -0.05) is 60.1 Å². The number of rotatable bonds is 6. The molecule has 1 aliphatic heterocycles. The van der Waals surface area contributed by atoms with Crippen molar-refractivity contribution in [3.63, 3.8) is 0 Å². The van der Waals surface area contributed by atoms with Crippen LogP contribution in [-0.2, 0) is 13.0 Å². The van der Waals surface area contributed by atoms with Gasteiger partial charge in [-0.05, 0) is 49.5 Å². The van der Waals surface area contributed by atoms with Gasteiger partial charge in [0.2, 0.25) is 0 Å². The zero-order chi connectivity index (χ0) is 15.9. The minimum absolute atomic E-state index is 0.649. The summed E-state index contributed by atoms with van der Waals surface area (Å²) in [5, 5.41) is 4.35. The van der Waals surface area contributed by atoms with Crippen LogP contribution in [0.5, 0.6) is 0 Å². The normalized spacial score (nSPS) is 15.9. The molecule has 1 fully saturated rings. The maximum Gasteiger partial charge on any atom is 0.0451 e. The van der Waals surface area contributed by atoms with Crippen LogP contribution in [-0.4, -0.2) is 30.6 Å². The monoisotopic (exact) mass is 328 g/mol. The van der Waals surface area contributed by atoms with E-state index in [1.165, 1.54) is 24.0 Å². The Morgan fingerprint density at radius 1 is 0.957 bits per heavy atom. The van der Waals surface area contributed by atoms with Crippen LogP contribution >= 0.6 is 11.6 Å². The van der Waals surface area contributed by atoms with E-state index in [2.05, 4.69) is 52.7 Å². The first-order valence-corrected chi connectivity index (χ1v) is 8.93. The molecule has 0 amide bonds. The van der Waals surface area contributed by atoms with Gasteiger partial charge in [0.05, 0.1) is 0 Å². The van der Waals surface area contributed by atoms with Gasteiger partial charge in [0.25, 0.3) is 0 Å². The quantitative estimate of drug-likeness (QED) is 0.857. The summed E-state index contributed by atoms with van der Waals surface area (Å²) in [6.07, 6.45) is 3.54. The zero-order valence-corrected chi connectivity index (χ0v) is 14.3. The number of hydrogen-bond acceptors (Lipinski definition) is 2. The van der Waals surface area contributed by atoms with Gasteiger partial charge < -0.3 is 5.32 Å². The van der Waals surface area contributed by atoms with Crippen LogP contribution in [0.1, 0.15) is 24.0 Å². The first-order valence-electron chi connectivity index (χ1n) is 8.55. The summed E-state index contributed by atoms with van der Waals surface area (Å²) in [6.45, 7) is 4.27. The van der Waals surface area contributed by atoms with Crippen LogP contribution in [0.4, 0.5) is 0 Å². The van der Waals surface area contributed by atoms with E-state index in [1.807, 2.05) is 12.1 Å². The smallest absolute Gasteiger partial charge is 0.0451 e. The molecule has 0 spiro atoms. The molecule has 1 heterocycles. The van der Waals surface area contributed by atoms with Gasteiger partial charge in [0, 0.05) is 24.2 Å². The molecule has 0 atom stereocenters. The summed E-state index contributed by atoms with van der Waals surface area (Å²) >= 11 is 6.39. The second-order valence-electron chi connectivity index (χ2n) is 6.28. The fraction of sp³-hybridized carbons (Fsp3) is 0.400. The van der Waals surface area contributed by atoms with Gasteiger partial charge >= 0.3 is 0 Å². The Morgan fingerprint density at radius 3 is 2.39 bits per heavy atom. The first-order chi connectivity index (χ1) is 11.3. The molecule has 0 aliphatic carbocycles. The second-order valence-corrected chi connectivity index (χ2v) is 6.69. The van der Waals surface area contributed by atoms with Gasteiger partial charge in [0.1, 0.15) is 0 Å². The van der Waals surface area contributed by atoms with E-state index in [9.17, 15) is 0 Å². The summed E-state index contributed by atoms with van der Waals surface area (Å²) < 4.78 is 0. The molecule has 2 aromatic carbocycles. The molecular weight excluding hydrogens is 304 g/mol. The fourth-order valence-electron chi connectivity index (χ4n) is 3.33. The fourth-order valence-corrected chi connectivity index (χ4v) is 3.52. The van der Waals surface area contributed by atoms with E-state index in [4.69, 9.17) is 11.6 Å². The Bertz CT molecular complexity index is 594. The molecule has 0 radical (unpaired) electrons. The molecule has 2 nitrogen and oxygen atoms in total. The maximum absolute atomic E-state index is 6.39. The van der Waals surface area contributed by atoms with E-state index in [0.29, 0.717) is 6.04 Å². The molecule has 3 rings (SSSR count). The summed E-state index contributed by atoms with van der Waals surface area (Å²) in [6, 6.07) is 19.6. The molecule has 0 aromatic heterocycles. The van der Waals surface area contributed by atoms with Crippen molar-refractivity contribution in [2.24, 2.45) is 0 Å². The molecule has 122 valence electrons. The minimum atomic E-state index is 0.649. The van der Waals surface area contributed by atoms with Gasteiger partial charge in [-0.25, -0.2) is 0 Å². The van der Waals surface area contributed by atoms with Crippen LogP contribution < -0.4 is 5.32 Å². The predicted molar refractivity (Wildman–Crippen MR) is 97.9 cm³/mol. The molecule has 1 aliphatic rings. The first kappa shape index (κ1) is 16.5. The molecule has 0 saturated carbocycles. The highest BCUT2D eigenvalue weighted by Crippen LogP contribution is 2.21. The SMILES string of the molecule is Clc1ccccc1CN(CCc1ccccc1)C1CCNCC1. The van der Waals surface area contributed by atoms with Crippen molar-refractivity contribution < 1.29 is 0 Å². The van der Waals surface area contributed by atoms with Crippen LogP contribution in [0.25, 0.3) is 0 Å². The third kappa shape index (κ3) is 4.81. The van der Waals surface area contributed by atoms with Gasteiger partial charge in [-0.3, -0.25) is 4.90 Å². The Kier molecular flexibility index (Phi) is 6.09. The zero-order valence-electron chi connectivity index (χ0n) is 13.5. The maximum atomic E-state index is 6.39. The molecule has 3 heteroatoms. The van der Waals surface area contributed by atoms with Crippen LogP contribution in [0.15, 0.2) is 54.6 Å². The molecule has 1 saturated heterocycles. The van der Waals surface area contributed by atoms with Crippen molar-refractivity contribution in [3.8, 4) is 0 Å². The number of hydrogen-bond donors (Lipinski definition) is 1. The molecule has 0 unspecified atom stereocenters. The van der Waals surface area contributed by atoms with Crippen molar-refractivity contribution in [1.29, 1.82) is 0 Å². The van der Waals surface area contributed by atoms with E-state index in [-0.39, 0.29) is 0 Å². The van der Waals surface area contributed by atoms with Crippen molar-refractivity contribution in [2.75, 3.05) is 19.6 Å². The van der Waals surface area contributed by atoms with E-state index < -0.39 is 0 Å². The van der Waals surface area contributed by atoms with Crippen molar-refractivity contribution in [2.45, 2.75) is 31.8 Å². The van der Waals surface area contributed by atoms with Gasteiger partial charge in [-0.15, -0.1) is 0 Å². The summed E-state index contributed by atoms with van der Waals surface area (Å²) in [7, 11) is 0. The molecule has 23 heavy (non-hydrogen) atoms. The number of nitrogens with one attached hydrogen (secondary N) is 1. The number of benzene rings is 2. The largest absolute Gasteiger partial charge is 0.317 e. The Hall–Kier alpha value is -1.35. The Morgan fingerprint density at radius 2 is 1.65 bits per heavy atom. The highest BCUT2D eigenvalue weighted by atomic mass is 35.5. The molecule has 0 bridgehead atoms. The van der Waals surface area contributed by atoms with Crippen LogP contribution in [0, 0.1) is 0 Å². The predicted octanol–water partition coefficient (Wildman–Crippen LogP) is 4.14. The topological polar surface area (TPSA) is 15.3 Å². The standard InChI is InChI=1S/C20H25ClN2/c21-20-9-5-4-8-18(20)16-23(19-10-13-22-14-11-19)15-12-17-6-2-1-3-7-17/h1-9,19,22H,10-16H2. The lowest BCUT2D eigenvalue weighted by molar-refractivity contribution is 0.156. The number of halogens is 1. The van der Waals surface area contributed by atoms with Crippen molar-refractivity contribution in [3.05, 3.63) is 70.7 Å². The lowest BCUT2D eigenvalue weighted by atomic mass is 10.0. The summed E-state index contributed by atoms with van der Waals surface area (Å²) in [4.78, 5) is 2.62. The van der Waals surface area contributed by atoms with Crippen LogP contribution in [0.3, 0.4) is 0 Å². The number of nitrogens with zero attached hydrogens (tertiary/aromatic N) is 1. The Labute approximate surface area is 144 Å². The second kappa shape index (κ2) is 8.49. The van der Waals surface area contributed by atoms with Crippen molar-refractivity contribution in [1.82, 2.24) is 10.2 Å². The van der Waals surface area contributed by atoms with E-state index in [0.717, 1.165) is 37.6 Å². The summed E-state index contributed by atoms with van der Waals surface area (Å²) in [5.74, 6) is 0. The van der Waals surface area contributed by atoms with Gasteiger partial charge in [0.15, 0.2) is 0 Å². The number of piperidine rings is 1. The van der Waals surface area contributed by atoms with E-state index >= 15 is 0 Å². The molecule has 1 N–H and O–H groups in total. The molecule has 2 aromatic rings. The molecular formula is C20H25ClN2. The van der Waals surface area contributed by atoms with E-state index in [1.54, 1.807) is 0 Å². The third-order valence-corrected chi connectivity index (χ3v) is 5.06. The van der Waals surface area contributed by atoms with Gasteiger partial charge in [-0.2, -0.15) is 0 Å². The van der Waals surface area contributed by atoms with Crippen LogP contribution in [0.2, 0.25) is 5.02 Å². The average molecular weight is 329 g/mol. The van der Waals surface area contributed by atoms with Crippen molar-refractivity contribution >= 4 is 11.6 Å².